The van der Waals surface area contributed by atoms with Crippen LogP contribution in [0.1, 0.15) is 111 Å². The molecule has 2 saturated heterocycles. The molecule has 13 heteroatoms. The van der Waals surface area contributed by atoms with Gasteiger partial charge in [-0.1, -0.05) is 18.2 Å². The number of ether oxygens (including phenoxy) is 1. The quantitative estimate of drug-likeness (QED) is 0.140. The van der Waals surface area contributed by atoms with Crippen LogP contribution >= 0.6 is 0 Å². The van der Waals surface area contributed by atoms with E-state index in [9.17, 15) is 23.2 Å². The summed E-state index contributed by atoms with van der Waals surface area (Å²) in [4.78, 5) is 48.3. The number of nitrogens with zero attached hydrogens (tertiary/aromatic N) is 4. The van der Waals surface area contributed by atoms with Crippen LogP contribution in [0.3, 0.4) is 0 Å². The van der Waals surface area contributed by atoms with Gasteiger partial charge in [0.25, 0.3) is 12.3 Å². The molecule has 1 unspecified atom stereocenters. The fourth-order valence-corrected chi connectivity index (χ4v) is 7.92. The van der Waals surface area contributed by atoms with Crippen molar-refractivity contribution in [2.75, 3.05) is 30.3 Å². The van der Waals surface area contributed by atoms with Crippen molar-refractivity contribution in [1.29, 1.82) is 0 Å². The summed E-state index contributed by atoms with van der Waals surface area (Å²) in [5, 5.41) is 8.31. The molecule has 2 aliphatic heterocycles. The molecule has 0 radical (unpaired) electrons. The number of carbonyl (C=O) groups is 3. The molecule has 7 rings (SSSR count). The van der Waals surface area contributed by atoms with Crippen LogP contribution in [-0.4, -0.2) is 68.8 Å². The van der Waals surface area contributed by atoms with Crippen molar-refractivity contribution in [1.82, 2.24) is 24.6 Å². The molecule has 1 aromatic carbocycles. The summed E-state index contributed by atoms with van der Waals surface area (Å²) in [7, 11) is 0. The number of pyridine rings is 2. The van der Waals surface area contributed by atoms with Gasteiger partial charge in [0.15, 0.2) is 0 Å². The third kappa shape index (κ3) is 8.84. The zero-order valence-electron chi connectivity index (χ0n) is 30.2. The number of benzene rings is 1. The molecule has 3 aliphatic rings. The van der Waals surface area contributed by atoms with E-state index in [2.05, 4.69) is 38.0 Å². The first kappa shape index (κ1) is 36.4. The summed E-state index contributed by atoms with van der Waals surface area (Å²) in [6.07, 6.45) is 8.25. The van der Waals surface area contributed by atoms with Crippen molar-refractivity contribution < 1.29 is 27.9 Å². The van der Waals surface area contributed by atoms with Crippen LogP contribution in [0, 0.1) is 5.92 Å². The lowest BCUT2D eigenvalue weighted by molar-refractivity contribution is -0.133. The molecule has 1 saturated carbocycles. The van der Waals surface area contributed by atoms with Gasteiger partial charge in [0.05, 0.1) is 17.4 Å². The summed E-state index contributed by atoms with van der Waals surface area (Å²) in [5.74, 6) is 0.950. The van der Waals surface area contributed by atoms with Crippen molar-refractivity contribution in [2.45, 2.75) is 95.6 Å². The van der Waals surface area contributed by atoms with Crippen molar-refractivity contribution in [3.05, 3.63) is 83.4 Å². The van der Waals surface area contributed by atoms with Crippen LogP contribution in [0.2, 0.25) is 0 Å². The lowest BCUT2D eigenvalue weighted by Crippen LogP contribution is -2.47. The molecule has 1 atom stereocenters. The average molecular weight is 728 g/mol. The SMILES string of the molecule is CC(C)Oc1cc2nc(C3CCC(CN4CCC(c5ccc(NC6CCC(=O)NC6=O)cc5)CC4)CC3)cn2cc1C(=O)Nc1cccc(C(F)F)n1. The van der Waals surface area contributed by atoms with E-state index in [4.69, 9.17) is 9.72 Å². The molecule has 280 valence electrons. The summed E-state index contributed by atoms with van der Waals surface area (Å²) < 4.78 is 34.2. The van der Waals surface area contributed by atoms with Gasteiger partial charge in [0.2, 0.25) is 11.8 Å². The molecule has 3 fully saturated rings. The van der Waals surface area contributed by atoms with Crippen LogP contribution in [-0.2, 0) is 9.59 Å². The number of imidazole rings is 1. The number of imide groups is 1. The third-order valence-electron chi connectivity index (χ3n) is 10.7. The van der Waals surface area contributed by atoms with E-state index < -0.39 is 18.0 Å². The van der Waals surface area contributed by atoms with Crippen LogP contribution in [0.4, 0.5) is 20.3 Å². The van der Waals surface area contributed by atoms with Gasteiger partial charge < -0.3 is 24.7 Å². The number of nitrogens with one attached hydrogen (secondary N) is 3. The fourth-order valence-electron chi connectivity index (χ4n) is 7.92. The zero-order chi connectivity index (χ0) is 37.1. The highest BCUT2D eigenvalue weighted by atomic mass is 19.3. The molecule has 3 N–H and O–H groups in total. The van der Waals surface area contributed by atoms with E-state index in [-0.39, 0.29) is 35.3 Å². The molecule has 3 aromatic heterocycles. The van der Waals surface area contributed by atoms with Crippen LogP contribution in [0.5, 0.6) is 5.75 Å². The lowest BCUT2D eigenvalue weighted by atomic mass is 9.80. The number of fused-ring (bicyclic) bond motifs is 1. The molecule has 1 aliphatic carbocycles. The van der Waals surface area contributed by atoms with Crippen LogP contribution in [0.15, 0.2) is 60.9 Å². The minimum atomic E-state index is -2.74. The molecule has 0 bridgehead atoms. The topological polar surface area (TPSA) is 130 Å². The number of piperidine rings is 2. The Morgan fingerprint density at radius 3 is 2.40 bits per heavy atom. The molecule has 0 spiro atoms. The van der Waals surface area contributed by atoms with Crippen molar-refractivity contribution in [2.24, 2.45) is 5.92 Å². The number of aromatic nitrogens is 3. The van der Waals surface area contributed by atoms with Gasteiger partial charge in [0, 0.05) is 43.0 Å². The van der Waals surface area contributed by atoms with Crippen molar-refractivity contribution in [3.8, 4) is 5.75 Å². The van der Waals surface area contributed by atoms with Gasteiger partial charge >= 0.3 is 0 Å². The maximum absolute atomic E-state index is 13.4. The van der Waals surface area contributed by atoms with Gasteiger partial charge in [-0.05, 0) is 114 Å². The van der Waals surface area contributed by atoms with Crippen molar-refractivity contribution in [3.63, 3.8) is 0 Å². The third-order valence-corrected chi connectivity index (χ3v) is 10.7. The Morgan fingerprint density at radius 1 is 0.943 bits per heavy atom. The normalized spacial score (nSPS) is 21.6. The van der Waals surface area contributed by atoms with E-state index in [1.807, 2.05) is 36.6 Å². The Labute approximate surface area is 307 Å². The number of rotatable bonds is 11. The van der Waals surface area contributed by atoms with Crippen LogP contribution in [0.25, 0.3) is 5.65 Å². The first-order chi connectivity index (χ1) is 25.6. The Hall–Kier alpha value is -4.91. The highest BCUT2D eigenvalue weighted by molar-refractivity contribution is 6.06. The number of likely N-dealkylation sites (tertiary alicyclic amines) is 1. The Morgan fingerprint density at radius 2 is 1.70 bits per heavy atom. The number of hydrogen-bond acceptors (Lipinski definition) is 8. The summed E-state index contributed by atoms with van der Waals surface area (Å²) in [6.45, 7) is 7.03. The second-order valence-corrected chi connectivity index (χ2v) is 14.9. The largest absolute Gasteiger partial charge is 0.490 e. The number of alkyl halides is 2. The number of hydrogen-bond donors (Lipinski definition) is 3. The summed E-state index contributed by atoms with van der Waals surface area (Å²) in [6, 6.07) is 13.9. The average Bonchev–Trinajstić information content (AvgIpc) is 3.56. The first-order valence-electron chi connectivity index (χ1n) is 18.8. The summed E-state index contributed by atoms with van der Waals surface area (Å²) >= 11 is 0. The lowest BCUT2D eigenvalue weighted by Gasteiger charge is -2.36. The predicted octanol–water partition coefficient (Wildman–Crippen LogP) is 7.08. The smallest absolute Gasteiger partial charge is 0.280 e. The highest BCUT2D eigenvalue weighted by Crippen LogP contribution is 2.38. The number of halogens is 2. The fraction of sp³-hybridized carbons (Fsp3) is 0.475. The van der Waals surface area contributed by atoms with E-state index in [1.54, 1.807) is 12.3 Å². The Kier molecular flexibility index (Phi) is 11.0. The Bertz CT molecular complexity index is 1930. The molecule has 53 heavy (non-hydrogen) atoms. The minimum absolute atomic E-state index is 0.0451. The van der Waals surface area contributed by atoms with E-state index >= 15 is 0 Å². The summed E-state index contributed by atoms with van der Waals surface area (Å²) in [5.41, 5.74) is 3.78. The minimum Gasteiger partial charge on any atom is -0.490 e. The first-order valence-corrected chi connectivity index (χ1v) is 18.8. The second kappa shape index (κ2) is 16.0. The standard InChI is InChI=1S/C40H47F2N7O4/c1-24(2)53-34-20-36-45-33(23-49(36)22-30(34)39(51)46-35-5-3-4-31(44-35)38(41)42)28-8-6-25(7-9-28)21-48-18-16-27(17-19-48)26-10-12-29(13-11-26)43-32-14-15-37(50)47-40(32)52/h3-5,10-13,20,22-25,27-28,32,38,43H,6-9,14-19,21H2,1-2H3,(H,44,46,51)(H,47,50,52). The maximum Gasteiger partial charge on any atom is 0.280 e. The molecular weight excluding hydrogens is 680 g/mol. The van der Waals surface area contributed by atoms with Gasteiger partial charge in [-0.3, -0.25) is 19.7 Å². The molecule has 11 nitrogen and oxygen atoms in total. The van der Waals surface area contributed by atoms with E-state index in [0.29, 0.717) is 42.0 Å². The van der Waals surface area contributed by atoms with Gasteiger partial charge in [0.1, 0.15) is 29.0 Å². The predicted molar refractivity (Wildman–Crippen MR) is 197 cm³/mol. The molecule has 3 amide bonds. The molecular formula is C40H47F2N7O4. The molecule has 4 aromatic rings. The second-order valence-electron chi connectivity index (χ2n) is 14.9. The Balaban J connectivity index is 0.911. The highest BCUT2D eigenvalue weighted by Gasteiger charge is 2.29. The van der Waals surface area contributed by atoms with E-state index in [0.717, 1.165) is 69.5 Å². The molecule has 5 heterocycles. The van der Waals surface area contributed by atoms with Gasteiger partial charge in [-0.25, -0.2) is 18.7 Å². The number of amides is 3. The number of carbonyl (C=O) groups excluding carboxylic acids is 3. The van der Waals surface area contributed by atoms with Gasteiger partial charge in [-0.15, -0.1) is 0 Å². The maximum atomic E-state index is 13.4. The number of anilines is 2. The van der Waals surface area contributed by atoms with Crippen LogP contribution < -0.4 is 20.7 Å². The van der Waals surface area contributed by atoms with E-state index in [1.165, 1.54) is 23.8 Å². The zero-order valence-corrected chi connectivity index (χ0v) is 30.2. The monoisotopic (exact) mass is 727 g/mol. The van der Waals surface area contributed by atoms with Gasteiger partial charge in [-0.2, -0.15) is 0 Å². The van der Waals surface area contributed by atoms with Crippen molar-refractivity contribution >= 4 is 34.9 Å².